The molecule has 0 nitrogen and oxygen atoms in total. The Hall–Kier alpha value is 11.7. The molecule has 0 bridgehead atoms. The molecule has 0 saturated carbocycles. The van der Waals surface area contributed by atoms with E-state index in [-0.39, 0.29) is 360 Å². The van der Waals surface area contributed by atoms with Crippen molar-refractivity contribution < 1.29 is 360 Å². The van der Waals surface area contributed by atoms with Crippen LogP contribution >= 0.6 is 0 Å². The molecule has 0 aliphatic heterocycles. The van der Waals surface area contributed by atoms with E-state index in [1.165, 1.54) is 0 Å². The van der Waals surface area contributed by atoms with E-state index >= 15 is 0 Å². The van der Waals surface area contributed by atoms with Crippen LogP contribution in [-0.2, 0) is 372 Å². The molecule has 1 aromatic rings. The first kappa shape index (κ1) is 70.0. The van der Waals surface area contributed by atoms with Gasteiger partial charge in [-0.25, -0.2) is 0 Å². The van der Waals surface area contributed by atoms with Gasteiger partial charge in [0.15, 0.2) is 0 Å². The molecule has 0 N–H and O–H groups in total. The van der Waals surface area contributed by atoms with E-state index in [0.29, 0.717) is 0 Å². The topological polar surface area (TPSA) is 0 Å². The van der Waals surface area contributed by atoms with Crippen LogP contribution in [0.1, 0.15) is 0 Å². The Morgan fingerprint density at radius 2 is 0.667 bits per heavy atom. The van der Waals surface area contributed by atoms with Gasteiger partial charge in [0.2, 0.25) is 0 Å². The normalized spacial score (nSPS) is 3.39. The fourth-order valence-corrected chi connectivity index (χ4v) is 0.631. The fraction of sp³-hybridized carbons (Fsp3) is 0. The molecule has 18 heavy (non-hydrogen) atoms. The van der Waals surface area contributed by atoms with Crippen molar-refractivity contribution in [2.45, 2.75) is 4.90 Å². The molecule has 0 aliphatic rings. The summed E-state index contributed by atoms with van der Waals surface area (Å²) in [6.45, 7) is 0. The number of rotatable bonds is 0. The van der Waals surface area contributed by atoms with Gasteiger partial charge in [0, 0.05) is 360 Å². The Kier molecular flexibility index (Phi) is 221. The molecule has 0 amide bonds. The van der Waals surface area contributed by atoms with Crippen LogP contribution in [0.5, 0.6) is 0 Å². The van der Waals surface area contributed by atoms with Crippen molar-refractivity contribution >= 4 is 12.6 Å². The zero-order valence-corrected chi connectivity index (χ0v) is 42.5. The van der Waals surface area contributed by atoms with Crippen LogP contribution in [0.4, 0.5) is 0 Å². The van der Waals surface area contributed by atoms with Crippen LogP contribution < -0.4 is 0 Å². The SMILES string of the molecule is [SH2+]c1ccccc1.[Y].[Y].[Y].[Y].[Y].[Y].[Y].[Y].[Y].[Y].[Y]. The van der Waals surface area contributed by atoms with E-state index in [9.17, 15) is 0 Å². The maximum atomic E-state index is 3.36. The predicted molar refractivity (Wildman–Crippen MR) is 34.9 cm³/mol. The third-order valence-corrected chi connectivity index (χ3v) is 1.11. The van der Waals surface area contributed by atoms with Crippen LogP contribution in [-0.4, -0.2) is 0 Å². The molecule has 0 spiro atoms. The molecular formula is C6H7SY11+. The van der Waals surface area contributed by atoms with Crippen molar-refractivity contribution in [3.05, 3.63) is 30.3 Å². The smallest absolute Gasteiger partial charge is 0.0619 e. The molecule has 0 saturated heterocycles. The third-order valence-electron chi connectivity index (χ3n) is 0.774. The molecule has 0 atom stereocenters. The van der Waals surface area contributed by atoms with Gasteiger partial charge in [-0.1, -0.05) is 18.2 Å². The van der Waals surface area contributed by atoms with E-state index in [2.05, 4.69) is 12.6 Å². The summed E-state index contributed by atoms with van der Waals surface area (Å²) in [5.41, 5.74) is 0. The average molecular weight is 1090 g/mol. The van der Waals surface area contributed by atoms with Crippen molar-refractivity contribution in [1.82, 2.24) is 0 Å². The molecule has 1 rings (SSSR count). The van der Waals surface area contributed by atoms with Gasteiger partial charge in [-0.2, -0.15) is 0 Å². The number of hydrogen-bond donors (Lipinski definition) is 0. The summed E-state index contributed by atoms with van der Waals surface area (Å²) in [6.07, 6.45) is 0. The maximum absolute atomic E-state index is 3.36. The summed E-state index contributed by atoms with van der Waals surface area (Å²) in [5.74, 6) is 0. The molecule has 69 valence electrons. The molecule has 12 heteroatoms. The van der Waals surface area contributed by atoms with Gasteiger partial charge in [-0.15, -0.1) is 0 Å². The Labute approximate surface area is 394 Å². The second kappa shape index (κ2) is 56.7. The standard InChI is InChI=1S/C6H6S.11Y/c7-6-4-2-1-3-5-6;;;;;;;;;;;/h1-5,7H;;;;;;;;;;;/p+1. The zero-order chi connectivity index (χ0) is 5.11. The van der Waals surface area contributed by atoms with Gasteiger partial charge in [-0.3, -0.25) is 0 Å². The maximum Gasteiger partial charge on any atom is 0.150 e. The zero-order valence-electron chi connectivity index (χ0n) is 10.2. The quantitative estimate of drug-likeness (QED) is 0.342. The third kappa shape index (κ3) is 50.9. The van der Waals surface area contributed by atoms with Crippen molar-refractivity contribution in [1.29, 1.82) is 0 Å². The van der Waals surface area contributed by atoms with Crippen LogP contribution in [0.3, 0.4) is 0 Å². The van der Waals surface area contributed by atoms with E-state index in [0.717, 1.165) is 4.90 Å². The predicted octanol–water partition coefficient (Wildman–Crippen LogP) is 1.03. The van der Waals surface area contributed by atoms with Crippen molar-refractivity contribution in [2.75, 3.05) is 0 Å². The summed E-state index contributed by atoms with van der Waals surface area (Å²) >= 11 is 3.36. The molecular weight excluding hydrogens is 1080 g/mol. The summed E-state index contributed by atoms with van der Waals surface area (Å²) in [6, 6.07) is 9.96. The van der Waals surface area contributed by atoms with E-state index in [1.807, 2.05) is 30.3 Å². The van der Waals surface area contributed by atoms with Gasteiger partial charge < -0.3 is 0 Å². The largest absolute Gasteiger partial charge is 0.150 e. The molecule has 0 fully saturated rings. The van der Waals surface area contributed by atoms with Crippen molar-refractivity contribution in [3.8, 4) is 0 Å². The number of hydrogen-bond acceptors (Lipinski definition) is 0. The number of benzene rings is 1. The van der Waals surface area contributed by atoms with Gasteiger partial charge in [0.05, 0.1) is 0 Å². The second-order valence-electron chi connectivity index (χ2n) is 1.37. The molecule has 11 radical (unpaired) electrons. The Balaban J connectivity index is -0.00000000495. The minimum atomic E-state index is 0. The summed E-state index contributed by atoms with van der Waals surface area (Å²) < 4.78 is 0. The second-order valence-corrected chi connectivity index (χ2v) is 1.94. The summed E-state index contributed by atoms with van der Waals surface area (Å²) in [7, 11) is 0. The fourth-order valence-electron chi connectivity index (χ4n) is 0.438. The van der Waals surface area contributed by atoms with Crippen LogP contribution in [0.25, 0.3) is 0 Å². The summed E-state index contributed by atoms with van der Waals surface area (Å²) in [4.78, 5) is 1.13. The first-order valence-electron chi connectivity index (χ1n) is 2.16. The van der Waals surface area contributed by atoms with Crippen LogP contribution in [0.15, 0.2) is 35.2 Å². The Morgan fingerprint density at radius 3 is 0.778 bits per heavy atom. The molecule has 0 aromatic heterocycles. The minimum absolute atomic E-state index is 0. The van der Waals surface area contributed by atoms with E-state index < -0.39 is 0 Å². The molecule has 1 aromatic carbocycles. The van der Waals surface area contributed by atoms with Crippen molar-refractivity contribution in [3.63, 3.8) is 0 Å². The van der Waals surface area contributed by atoms with Gasteiger partial charge in [-0.05, 0) is 24.8 Å². The molecule has 0 aliphatic carbocycles. The molecule has 0 unspecified atom stereocenters. The monoisotopic (exact) mass is 1090 g/mol. The molecule has 0 heterocycles. The van der Waals surface area contributed by atoms with E-state index in [4.69, 9.17) is 0 Å². The summed E-state index contributed by atoms with van der Waals surface area (Å²) in [5, 5.41) is 0. The Morgan fingerprint density at radius 1 is 0.444 bits per heavy atom. The Bertz CT molecular complexity index is 151. The first-order valence-corrected chi connectivity index (χ1v) is 2.66. The van der Waals surface area contributed by atoms with Crippen LogP contribution in [0, 0.1) is 0 Å². The van der Waals surface area contributed by atoms with Gasteiger partial charge in [0.25, 0.3) is 0 Å². The van der Waals surface area contributed by atoms with Gasteiger partial charge >= 0.3 is 0 Å². The van der Waals surface area contributed by atoms with Gasteiger partial charge in [0.1, 0.15) is 4.90 Å². The first-order chi connectivity index (χ1) is 3.39. The average Bonchev–Trinajstić information content (AvgIpc) is 1.69. The van der Waals surface area contributed by atoms with Crippen molar-refractivity contribution in [2.24, 2.45) is 0 Å². The van der Waals surface area contributed by atoms with E-state index in [1.54, 1.807) is 0 Å². The van der Waals surface area contributed by atoms with Crippen LogP contribution in [0.2, 0.25) is 0 Å². The minimum Gasteiger partial charge on any atom is -0.0619 e.